The fraction of sp³-hybridized carbons (Fsp3) is 0.385. The molecule has 9 nitrogen and oxygen atoms in total. The van der Waals surface area contributed by atoms with Crippen LogP contribution in [-0.4, -0.2) is 50.1 Å². The zero-order valence-electron chi connectivity index (χ0n) is 19.8. The summed E-state index contributed by atoms with van der Waals surface area (Å²) in [5, 5.41) is 11.2. The lowest BCUT2D eigenvalue weighted by molar-refractivity contribution is -0.140. The summed E-state index contributed by atoms with van der Waals surface area (Å²) in [7, 11) is 1.36. The number of carbonyl (C=O) groups is 4. The Morgan fingerprint density at radius 1 is 1.00 bits per heavy atom. The van der Waals surface area contributed by atoms with Crippen molar-refractivity contribution in [1.29, 1.82) is 0 Å². The van der Waals surface area contributed by atoms with E-state index in [1.807, 2.05) is 24.3 Å². The van der Waals surface area contributed by atoms with E-state index in [1.54, 1.807) is 30.3 Å². The van der Waals surface area contributed by atoms with E-state index in [0.717, 1.165) is 17.7 Å². The summed E-state index contributed by atoms with van der Waals surface area (Å²) >= 11 is 0. The van der Waals surface area contributed by atoms with E-state index < -0.39 is 18.0 Å². The maximum Gasteiger partial charge on any atom is 0.322 e. The van der Waals surface area contributed by atoms with E-state index in [1.165, 1.54) is 7.11 Å². The zero-order valence-corrected chi connectivity index (χ0v) is 19.8. The molecular weight excluding hydrogens is 448 g/mol. The van der Waals surface area contributed by atoms with Crippen molar-refractivity contribution in [3.05, 3.63) is 65.7 Å². The maximum absolute atomic E-state index is 13.0. The van der Waals surface area contributed by atoms with Crippen molar-refractivity contribution >= 4 is 29.5 Å². The second-order valence-electron chi connectivity index (χ2n) is 8.42. The average Bonchev–Trinajstić information content (AvgIpc) is 3.28. The van der Waals surface area contributed by atoms with Crippen LogP contribution in [0.25, 0.3) is 0 Å². The van der Waals surface area contributed by atoms with Crippen LogP contribution in [0, 0.1) is 0 Å². The van der Waals surface area contributed by atoms with Gasteiger partial charge in [0.05, 0.1) is 7.11 Å². The third-order valence-corrected chi connectivity index (χ3v) is 5.93. The van der Waals surface area contributed by atoms with Crippen molar-refractivity contribution in [1.82, 2.24) is 16.0 Å². The van der Waals surface area contributed by atoms with Crippen molar-refractivity contribution < 1.29 is 23.9 Å². The summed E-state index contributed by atoms with van der Waals surface area (Å²) < 4.78 is 4.62. The predicted octanol–water partition coefficient (Wildman–Crippen LogP) is 2.94. The first kappa shape index (κ1) is 25.7. The highest BCUT2D eigenvalue weighted by Gasteiger charge is 2.29. The molecule has 1 aliphatic rings. The van der Waals surface area contributed by atoms with Crippen LogP contribution in [0.1, 0.15) is 53.9 Å². The highest BCUT2D eigenvalue weighted by Crippen LogP contribution is 2.34. The first-order valence-electron chi connectivity index (χ1n) is 11.8. The minimum Gasteiger partial charge on any atom is -0.469 e. The molecule has 0 fully saturated rings. The number of anilines is 1. The van der Waals surface area contributed by atoms with Crippen molar-refractivity contribution in [3.63, 3.8) is 0 Å². The summed E-state index contributed by atoms with van der Waals surface area (Å²) in [5.74, 6) is -1.07. The van der Waals surface area contributed by atoms with Gasteiger partial charge in [0.25, 0.3) is 5.91 Å². The molecule has 2 atom stereocenters. The van der Waals surface area contributed by atoms with Gasteiger partial charge in [0.2, 0.25) is 5.91 Å². The first-order valence-corrected chi connectivity index (χ1v) is 11.8. The summed E-state index contributed by atoms with van der Waals surface area (Å²) in [6.45, 7) is 1.07. The van der Waals surface area contributed by atoms with E-state index in [0.29, 0.717) is 44.3 Å². The number of hydrogen-bond donors (Lipinski definition) is 4. The molecule has 4 N–H and O–H groups in total. The Balaban J connectivity index is 1.57. The highest BCUT2D eigenvalue weighted by atomic mass is 16.5. The lowest BCUT2D eigenvalue weighted by Gasteiger charge is -2.22. The van der Waals surface area contributed by atoms with Crippen LogP contribution in [0.15, 0.2) is 54.6 Å². The van der Waals surface area contributed by atoms with Gasteiger partial charge >= 0.3 is 12.0 Å². The van der Waals surface area contributed by atoms with E-state index in [4.69, 9.17) is 0 Å². The summed E-state index contributed by atoms with van der Waals surface area (Å²) in [4.78, 5) is 49.1. The van der Waals surface area contributed by atoms with Gasteiger partial charge in [-0.25, -0.2) is 4.79 Å². The van der Waals surface area contributed by atoms with Crippen LogP contribution in [-0.2, 0) is 14.3 Å². The van der Waals surface area contributed by atoms with Crippen LogP contribution in [0.2, 0.25) is 0 Å². The van der Waals surface area contributed by atoms with Crippen molar-refractivity contribution in [2.75, 3.05) is 25.5 Å². The van der Waals surface area contributed by atoms with Gasteiger partial charge in [-0.15, -0.1) is 0 Å². The summed E-state index contributed by atoms with van der Waals surface area (Å²) in [6, 6.07) is 14.7. The molecule has 35 heavy (non-hydrogen) atoms. The first-order chi connectivity index (χ1) is 17.0. The molecule has 0 aliphatic carbocycles. The van der Waals surface area contributed by atoms with E-state index in [-0.39, 0.29) is 17.8 Å². The van der Waals surface area contributed by atoms with Crippen molar-refractivity contribution in [3.8, 4) is 0 Å². The van der Waals surface area contributed by atoms with Gasteiger partial charge in [-0.05, 0) is 43.0 Å². The maximum atomic E-state index is 13.0. The van der Waals surface area contributed by atoms with Crippen LogP contribution in [0.5, 0.6) is 0 Å². The van der Waals surface area contributed by atoms with Gasteiger partial charge in [-0.3, -0.25) is 19.7 Å². The van der Waals surface area contributed by atoms with Gasteiger partial charge in [0.1, 0.15) is 6.04 Å². The van der Waals surface area contributed by atoms with Crippen molar-refractivity contribution in [2.24, 2.45) is 0 Å². The Hall–Kier alpha value is -3.88. The molecule has 0 saturated heterocycles. The number of carbonyl (C=O) groups excluding carboxylic acids is 4. The number of unbranched alkanes of at least 4 members (excludes halogenated alkanes) is 2. The molecule has 1 unspecified atom stereocenters. The predicted molar refractivity (Wildman–Crippen MR) is 132 cm³/mol. The van der Waals surface area contributed by atoms with Crippen LogP contribution in [0.4, 0.5) is 10.5 Å². The lowest BCUT2D eigenvalue weighted by atomic mass is 9.93. The van der Waals surface area contributed by atoms with Gasteiger partial charge < -0.3 is 20.7 Å². The van der Waals surface area contributed by atoms with Gasteiger partial charge in [-0.1, -0.05) is 42.8 Å². The molecule has 2 aromatic rings. The molecule has 0 saturated carbocycles. The number of nitrogens with one attached hydrogen (secondary N) is 4. The summed E-state index contributed by atoms with van der Waals surface area (Å²) in [5.41, 5.74) is 2.46. The molecule has 1 aliphatic heterocycles. The number of imide groups is 1. The molecule has 4 amide bonds. The van der Waals surface area contributed by atoms with Gasteiger partial charge in [-0.2, -0.15) is 0 Å². The Bertz CT molecular complexity index is 1030. The highest BCUT2D eigenvalue weighted by molar-refractivity contribution is 6.04. The number of esters is 1. The average molecular weight is 481 g/mol. The van der Waals surface area contributed by atoms with Crippen LogP contribution < -0.4 is 21.3 Å². The topological polar surface area (TPSA) is 126 Å². The Labute approximate surface area is 205 Å². The minimum absolute atomic E-state index is 0.0344. The molecule has 1 heterocycles. The van der Waals surface area contributed by atoms with Gasteiger partial charge in [0.15, 0.2) is 0 Å². The minimum atomic E-state index is -0.827. The number of amides is 4. The molecular formula is C26H32N4O5. The Kier molecular flexibility index (Phi) is 9.65. The fourth-order valence-electron chi connectivity index (χ4n) is 4.05. The second kappa shape index (κ2) is 13.1. The van der Waals surface area contributed by atoms with Crippen LogP contribution >= 0.6 is 0 Å². The largest absolute Gasteiger partial charge is 0.469 e. The normalized spacial score (nSPS) is 14.7. The SMILES string of the molecule is COC(=O)CCCCCNC(=O)[C@H](CC1CNc2ccccc21)NC(=O)NC(=O)c1ccccc1. The number of methoxy groups -OCH3 is 1. The second-order valence-corrected chi connectivity index (χ2v) is 8.42. The number of ether oxygens (including phenoxy) is 1. The molecule has 0 bridgehead atoms. The smallest absolute Gasteiger partial charge is 0.322 e. The molecule has 3 rings (SSSR count). The lowest BCUT2D eigenvalue weighted by Crippen LogP contribution is -2.51. The fourth-order valence-corrected chi connectivity index (χ4v) is 4.05. The molecule has 0 radical (unpaired) electrons. The molecule has 2 aromatic carbocycles. The molecule has 0 spiro atoms. The number of benzene rings is 2. The number of hydrogen-bond acceptors (Lipinski definition) is 6. The number of para-hydroxylation sites is 1. The van der Waals surface area contributed by atoms with E-state index >= 15 is 0 Å². The number of urea groups is 1. The monoisotopic (exact) mass is 480 g/mol. The Morgan fingerprint density at radius 2 is 1.74 bits per heavy atom. The van der Waals surface area contributed by atoms with Crippen LogP contribution in [0.3, 0.4) is 0 Å². The zero-order chi connectivity index (χ0) is 25.0. The van der Waals surface area contributed by atoms with Crippen molar-refractivity contribution in [2.45, 2.75) is 44.1 Å². The number of fused-ring (bicyclic) bond motifs is 1. The van der Waals surface area contributed by atoms with E-state index in [2.05, 4.69) is 26.0 Å². The molecule has 0 aromatic heterocycles. The Morgan fingerprint density at radius 3 is 2.51 bits per heavy atom. The van der Waals surface area contributed by atoms with E-state index in [9.17, 15) is 19.2 Å². The van der Waals surface area contributed by atoms with Gasteiger partial charge in [0, 0.05) is 36.7 Å². The third kappa shape index (κ3) is 7.84. The number of rotatable bonds is 11. The quantitative estimate of drug-likeness (QED) is 0.289. The standard InChI is InChI=1S/C26H32N4O5/c1-35-23(31)14-6-3-9-15-27-25(33)22(16-19-17-28-21-13-8-7-12-20(19)21)29-26(34)30-24(32)18-10-4-2-5-11-18/h2,4-5,7-8,10-13,19,22,28H,3,6,9,14-17H2,1H3,(H,27,33)(H2,29,30,32,34)/t19?,22-/m0/s1. The third-order valence-electron chi connectivity index (χ3n) is 5.93. The molecule has 9 heteroatoms. The molecule has 186 valence electrons. The summed E-state index contributed by atoms with van der Waals surface area (Å²) in [6.07, 6.45) is 2.86.